The van der Waals surface area contributed by atoms with Gasteiger partial charge in [-0.25, -0.2) is 0 Å². The number of hydrogen-bond acceptors (Lipinski definition) is 2. The predicted molar refractivity (Wildman–Crippen MR) is 55.4 cm³/mol. The molecule has 0 aromatic carbocycles. The Morgan fingerprint density at radius 2 is 2.17 bits per heavy atom. The van der Waals surface area contributed by atoms with E-state index in [0.29, 0.717) is 6.04 Å². The Hall–Kier alpha value is -0.340. The Morgan fingerprint density at radius 1 is 1.50 bits per heavy atom. The van der Waals surface area contributed by atoms with E-state index < -0.39 is 0 Å². The highest BCUT2D eigenvalue weighted by Crippen LogP contribution is 1.96. The maximum absolute atomic E-state index is 3.75. The molecule has 2 heteroatoms. The lowest BCUT2D eigenvalue weighted by molar-refractivity contribution is 0.238. The van der Waals surface area contributed by atoms with Crippen LogP contribution in [0.3, 0.4) is 0 Å². The molecule has 0 aromatic rings. The molecule has 0 aromatic heterocycles. The van der Waals surface area contributed by atoms with Crippen molar-refractivity contribution in [3.63, 3.8) is 0 Å². The topological polar surface area (TPSA) is 15.3 Å². The highest BCUT2D eigenvalue weighted by Gasteiger charge is 2.08. The number of nitrogens with zero attached hydrogens (tertiary/aromatic N) is 1. The van der Waals surface area contributed by atoms with Crippen molar-refractivity contribution in [1.82, 2.24) is 10.2 Å². The molecule has 1 atom stereocenters. The van der Waals surface area contributed by atoms with E-state index in [4.69, 9.17) is 0 Å². The molecule has 0 fully saturated rings. The van der Waals surface area contributed by atoms with Gasteiger partial charge in [0, 0.05) is 19.1 Å². The molecular formula is C10H22N2. The SMILES string of the molecule is C=CCN(CC)C(C)CNCC. The molecule has 0 spiro atoms. The van der Waals surface area contributed by atoms with E-state index in [9.17, 15) is 0 Å². The summed E-state index contributed by atoms with van der Waals surface area (Å²) in [7, 11) is 0. The van der Waals surface area contributed by atoms with E-state index in [1.807, 2.05) is 6.08 Å². The summed E-state index contributed by atoms with van der Waals surface area (Å²) >= 11 is 0. The fraction of sp³-hybridized carbons (Fsp3) is 0.800. The van der Waals surface area contributed by atoms with Crippen molar-refractivity contribution in [3.05, 3.63) is 12.7 Å². The first-order valence-corrected chi connectivity index (χ1v) is 4.81. The molecule has 12 heavy (non-hydrogen) atoms. The minimum Gasteiger partial charge on any atom is -0.315 e. The molecule has 0 radical (unpaired) electrons. The molecule has 2 nitrogen and oxygen atoms in total. The highest BCUT2D eigenvalue weighted by molar-refractivity contribution is 4.77. The number of likely N-dealkylation sites (N-methyl/N-ethyl adjacent to an activating group) is 2. The van der Waals surface area contributed by atoms with Crippen LogP contribution in [0.1, 0.15) is 20.8 Å². The third kappa shape index (κ3) is 4.52. The van der Waals surface area contributed by atoms with Gasteiger partial charge in [-0.1, -0.05) is 19.9 Å². The summed E-state index contributed by atoms with van der Waals surface area (Å²) in [5.74, 6) is 0. The summed E-state index contributed by atoms with van der Waals surface area (Å²) in [6.07, 6.45) is 1.96. The van der Waals surface area contributed by atoms with Gasteiger partial charge >= 0.3 is 0 Å². The van der Waals surface area contributed by atoms with Crippen molar-refractivity contribution in [2.45, 2.75) is 26.8 Å². The molecular weight excluding hydrogens is 148 g/mol. The Labute approximate surface area is 76.6 Å². The zero-order valence-corrected chi connectivity index (χ0v) is 8.64. The third-order valence-corrected chi connectivity index (χ3v) is 2.08. The Kier molecular flexibility index (Phi) is 7.11. The molecule has 0 bridgehead atoms. The van der Waals surface area contributed by atoms with E-state index in [0.717, 1.165) is 26.2 Å². The molecule has 0 saturated carbocycles. The van der Waals surface area contributed by atoms with Crippen molar-refractivity contribution < 1.29 is 0 Å². The average molecular weight is 170 g/mol. The average Bonchev–Trinajstić information content (AvgIpc) is 2.10. The number of hydrogen-bond donors (Lipinski definition) is 1. The molecule has 1 unspecified atom stereocenters. The van der Waals surface area contributed by atoms with Gasteiger partial charge in [-0.15, -0.1) is 6.58 Å². The zero-order chi connectivity index (χ0) is 9.40. The fourth-order valence-corrected chi connectivity index (χ4v) is 1.27. The van der Waals surface area contributed by atoms with Crippen LogP contribution in [0.4, 0.5) is 0 Å². The summed E-state index contributed by atoms with van der Waals surface area (Å²) in [5, 5.41) is 3.35. The van der Waals surface area contributed by atoms with E-state index in [-0.39, 0.29) is 0 Å². The fourth-order valence-electron chi connectivity index (χ4n) is 1.27. The normalized spacial score (nSPS) is 13.3. The molecule has 0 amide bonds. The van der Waals surface area contributed by atoms with E-state index >= 15 is 0 Å². The lowest BCUT2D eigenvalue weighted by Crippen LogP contribution is -2.40. The van der Waals surface area contributed by atoms with Gasteiger partial charge in [-0.05, 0) is 20.0 Å². The van der Waals surface area contributed by atoms with E-state index in [2.05, 4.69) is 37.6 Å². The Bertz CT molecular complexity index is 112. The Balaban J connectivity index is 3.67. The summed E-state index contributed by atoms with van der Waals surface area (Å²) in [5.41, 5.74) is 0. The third-order valence-electron chi connectivity index (χ3n) is 2.08. The lowest BCUT2D eigenvalue weighted by atomic mass is 10.2. The van der Waals surface area contributed by atoms with Crippen LogP contribution in [-0.2, 0) is 0 Å². The second-order valence-corrected chi connectivity index (χ2v) is 3.03. The van der Waals surface area contributed by atoms with Crippen LogP contribution >= 0.6 is 0 Å². The zero-order valence-electron chi connectivity index (χ0n) is 8.64. The van der Waals surface area contributed by atoms with Crippen molar-refractivity contribution >= 4 is 0 Å². The van der Waals surface area contributed by atoms with Gasteiger partial charge in [-0.2, -0.15) is 0 Å². The quantitative estimate of drug-likeness (QED) is 0.582. The first-order valence-electron chi connectivity index (χ1n) is 4.81. The molecule has 0 aliphatic rings. The maximum atomic E-state index is 3.75. The minimum absolute atomic E-state index is 0.605. The van der Waals surface area contributed by atoms with Crippen LogP contribution in [0.2, 0.25) is 0 Å². The van der Waals surface area contributed by atoms with Gasteiger partial charge in [0.15, 0.2) is 0 Å². The van der Waals surface area contributed by atoms with Gasteiger partial charge in [0.05, 0.1) is 0 Å². The number of rotatable bonds is 7. The summed E-state index contributed by atoms with van der Waals surface area (Å²) in [6, 6.07) is 0.605. The van der Waals surface area contributed by atoms with E-state index in [1.165, 1.54) is 0 Å². The standard InChI is InChI=1S/C10H22N2/c1-5-8-12(7-3)10(4)9-11-6-2/h5,10-11H,1,6-9H2,2-4H3. The monoisotopic (exact) mass is 170 g/mol. The van der Waals surface area contributed by atoms with Crippen molar-refractivity contribution in [2.75, 3.05) is 26.2 Å². The van der Waals surface area contributed by atoms with Crippen LogP contribution in [0.25, 0.3) is 0 Å². The van der Waals surface area contributed by atoms with Crippen LogP contribution in [-0.4, -0.2) is 37.1 Å². The summed E-state index contributed by atoms with van der Waals surface area (Å²) < 4.78 is 0. The largest absolute Gasteiger partial charge is 0.315 e. The molecule has 0 aliphatic carbocycles. The summed E-state index contributed by atoms with van der Waals surface area (Å²) in [4.78, 5) is 2.40. The second-order valence-electron chi connectivity index (χ2n) is 3.03. The van der Waals surface area contributed by atoms with Crippen molar-refractivity contribution in [3.8, 4) is 0 Å². The van der Waals surface area contributed by atoms with Gasteiger partial charge < -0.3 is 5.32 Å². The summed E-state index contributed by atoms with van der Waals surface area (Å²) in [6.45, 7) is 14.5. The van der Waals surface area contributed by atoms with Gasteiger partial charge in [0.25, 0.3) is 0 Å². The van der Waals surface area contributed by atoms with Crippen LogP contribution in [0, 0.1) is 0 Å². The second kappa shape index (κ2) is 7.32. The minimum atomic E-state index is 0.605. The van der Waals surface area contributed by atoms with Crippen LogP contribution in [0.5, 0.6) is 0 Å². The molecule has 1 N–H and O–H groups in total. The van der Waals surface area contributed by atoms with Gasteiger partial charge in [0.1, 0.15) is 0 Å². The van der Waals surface area contributed by atoms with Crippen LogP contribution < -0.4 is 5.32 Å². The van der Waals surface area contributed by atoms with Crippen molar-refractivity contribution in [1.29, 1.82) is 0 Å². The molecule has 72 valence electrons. The number of nitrogens with one attached hydrogen (secondary N) is 1. The molecule has 0 saturated heterocycles. The van der Waals surface area contributed by atoms with Crippen LogP contribution in [0.15, 0.2) is 12.7 Å². The van der Waals surface area contributed by atoms with Gasteiger partial charge in [0.2, 0.25) is 0 Å². The molecule has 0 heterocycles. The Morgan fingerprint density at radius 3 is 2.58 bits per heavy atom. The van der Waals surface area contributed by atoms with E-state index in [1.54, 1.807) is 0 Å². The first kappa shape index (κ1) is 11.7. The van der Waals surface area contributed by atoms with Gasteiger partial charge in [-0.3, -0.25) is 4.90 Å². The maximum Gasteiger partial charge on any atom is 0.0195 e. The smallest absolute Gasteiger partial charge is 0.0195 e. The van der Waals surface area contributed by atoms with Crippen molar-refractivity contribution in [2.24, 2.45) is 0 Å². The predicted octanol–water partition coefficient (Wildman–Crippen LogP) is 1.49. The highest BCUT2D eigenvalue weighted by atomic mass is 15.2. The first-order chi connectivity index (χ1) is 5.76. The molecule has 0 rings (SSSR count). The lowest BCUT2D eigenvalue weighted by Gasteiger charge is -2.26. The molecule has 0 aliphatic heterocycles.